The molecule has 0 saturated carbocycles. The third-order valence-corrected chi connectivity index (χ3v) is 4.25. The summed E-state index contributed by atoms with van der Waals surface area (Å²) in [5.74, 6) is -0.206. The van der Waals surface area contributed by atoms with Crippen LogP contribution in [0.4, 0.5) is 0 Å². The molecule has 0 fully saturated rings. The summed E-state index contributed by atoms with van der Waals surface area (Å²) in [6, 6.07) is 15.6. The van der Waals surface area contributed by atoms with E-state index in [9.17, 15) is 4.79 Å². The smallest absolute Gasteiger partial charge is 0.267 e. The minimum atomic E-state index is -0.206. The summed E-state index contributed by atoms with van der Waals surface area (Å²) < 4.78 is 0. The molecule has 0 spiro atoms. The Morgan fingerprint density at radius 3 is 2.17 bits per heavy atom. The van der Waals surface area contributed by atoms with Crippen molar-refractivity contribution in [2.24, 2.45) is 5.10 Å². The second kappa shape index (κ2) is 7.47. The van der Waals surface area contributed by atoms with Crippen LogP contribution in [0.2, 0.25) is 0 Å². The zero-order chi connectivity index (χ0) is 16.9. The number of hydrazone groups is 1. The zero-order valence-electron chi connectivity index (χ0n) is 14.0. The second-order valence-corrected chi connectivity index (χ2v) is 7.18. The van der Waals surface area contributed by atoms with Gasteiger partial charge in [-0.05, 0) is 47.1 Å². The van der Waals surface area contributed by atoms with Crippen LogP contribution in [-0.2, 0) is 5.41 Å². The molecule has 0 aliphatic rings. The van der Waals surface area contributed by atoms with Crippen molar-refractivity contribution in [3.63, 3.8) is 0 Å². The normalized spacial score (nSPS) is 11.7. The van der Waals surface area contributed by atoms with Crippen LogP contribution in [0.15, 0.2) is 58.5 Å². The fraction of sp³-hybridized carbons (Fsp3) is 0.263. The van der Waals surface area contributed by atoms with Gasteiger partial charge in [-0.25, -0.2) is 5.43 Å². The Balaban J connectivity index is 1.97. The van der Waals surface area contributed by atoms with Gasteiger partial charge in [0.25, 0.3) is 5.91 Å². The molecule has 2 aromatic rings. The minimum absolute atomic E-state index is 0.0795. The van der Waals surface area contributed by atoms with E-state index in [1.54, 1.807) is 18.0 Å². The van der Waals surface area contributed by atoms with E-state index in [4.69, 9.17) is 0 Å². The van der Waals surface area contributed by atoms with Crippen LogP contribution in [0.25, 0.3) is 0 Å². The van der Waals surface area contributed by atoms with E-state index in [0.717, 1.165) is 5.56 Å². The molecule has 0 radical (unpaired) electrons. The molecule has 2 rings (SSSR count). The van der Waals surface area contributed by atoms with Crippen LogP contribution in [0.3, 0.4) is 0 Å². The SMILES string of the molecule is CSc1ccc(C=NNC(=O)c2ccc(C(C)(C)C)cc2)cc1. The maximum atomic E-state index is 12.1. The lowest BCUT2D eigenvalue weighted by molar-refractivity contribution is 0.0955. The molecule has 4 heteroatoms. The number of rotatable bonds is 4. The summed E-state index contributed by atoms with van der Waals surface area (Å²) in [5.41, 5.74) is 5.39. The Morgan fingerprint density at radius 2 is 1.65 bits per heavy atom. The van der Waals surface area contributed by atoms with Gasteiger partial charge in [0.2, 0.25) is 0 Å². The van der Waals surface area contributed by atoms with Gasteiger partial charge in [-0.3, -0.25) is 4.79 Å². The van der Waals surface area contributed by atoms with Gasteiger partial charge in [0.1, 0.15) is 0 Å². The molecule has 0 bridgehead atoms. The Morgan fingerprint density at radius 1 is 1.04 bits per heavy atom. The predicted octanol–water partition coefficient (Wildman–Crippen LogP) is 4.47. The lowest BCUT2D eigenvalue weighted by Crippen LogP contribution is -2.18. The number of hydrogen-bond acceptors (Lipinski definition) is 3. The monoisotopic (exact) mass is 326 g/mol. The van der Waals surface area contributed by atoms with E-state index in [1.807, 2.05) is 54.8 Å². The average molecular weight is 326 g/mol. The Bertz CT molecular complexity index is 683. The first-order valence-corrected chi connectivity index (χ1v) is 8.70. The molecule has 0 saturated heterocycles. The van der Waals surface area contributed by atoms with Crippen molar-refractivity contribution in [3.05, 3.63) is 65.2 Å². The highest BCUT2D eigenvalue weighted by Crippen LogP contribution is 2.22. The quantitative estimate of drug-likeness (QED) is 0.512. The first kappa shape index (κ1) is 17.3. The van der Waals surface area contributed by atoms with Crippen LogP contribution in [0.1, 0.15) is 42.3 Å². The maximum absolute atomic E-state index is 12.1. The highest BCUT2D eigenvalue weighted by atomic mass is 32.2. The highest BCUT2D eigenvalue weighted by molar-refractivity contribution is 7.98. The summed E-state index contributed by atoms with van der Waals surface area (Å²) in [7, 11) is 0. The molecular formula is C19H22N2OS. The van der Waals surface area contributed by atoms with Gasteiger partial charge in [0, 0.05) is 10.5 Å². The van der Waals surface area contributed by atoms with E-state index in [1.165, 1.54) is 10.5 Å². The standard InChI is InChI=1S/C19H22N2OS/c1-19(2,3)16-9-7-15(8-10-16)18(22)21-20-13-14-5-11-17(23-4)12-6-14/h5-13H,1-4H3,(H,21,22). The van der Waals surface area contributed by atoms with Gasteiger partial charge in [0.05, 0.1) is 6.21 Å². The van der Waals surface area contributed by atoms with Crippen LogP contribution in [0, 0.1) is 0 Å². The molecule has 0 aliphatic heterocycles. The highest BCUT2D eigenvalue weighted by Gasteiger charge is 2.14. The van der Waals surface area contributed by atoms with Crippen LogP contribution < -0.4 is 5.43 Å². The number of carbonyl (C=O) groups excluding carboxylic acids is 1. The van der Waals surface area contributed by atoms with E-state index in [0.29, 0.717) is 5.56 Å². The van der Waals surface area contributed by atoms with Crippen LogP contribution in [0.5, 0.6) is 0 Å². The largest absolute Gasteiger partial charge is 0.271 e. The zero-order valence-corrected chi connectivity index (χ0v) is 14.8. The number of nitrogens with one attached hydrogen (secondary N) is 1. The van der Waals surface area contributed by atoms with Crippen molar-refractivity contribution in [2.45, 2.75) is 31.1 Å². The van der Waals surface area contributed by atoms with Crippen molar-refractivity contribution in [3.8, 4) is 0 Å². The van der Waals surface area contributed by atoms with Gasteiger partial charge in [-0.15, -0.1) is 11.8 Å². The summed E-state index contributed by atoms with van der Waals surface area (Å²) in [6.07, 6.45) is 3.68. The summed E-state index contributed by atoms with van der Waals surface area (Å²) in [4.78, 5) is 13.3. The molecule has 2 aromatic carbocycles. The number of carbonyl (C=O) groups is 1. The number of hydrogen-bond donors (Lipinski definition) is 1. The lowest BCUT2D eigenvalue weighted by Gasteiger charge is -2.18. The topological polar surface area (TPSA) is 41.5 Å². The number of benzene rings is 2. The number of amides is 1. The fourth-order valence-electron chi connectivity index (χ4n) is 2.04. The maximum Gasteiger partial charge on any atom is 0.271 e. The first-order valence-electron chi connectivity index (χ1n) is 7.48. The van der Waals surface area contributed by atoms with E-state index < -0.39 is 0 Å². The van der Waals surface area contributed by atoms with E-state index >= 15 is 0 Å². The van der Waals surface area contributed by atoms with Crippen molar-refractivity contribution in [1.29, 1.82) is 0 Å². The fourth-order valence-corrected chi connectivity index (χ4v) is 2.45. The Kier molecular flexibility index (Phi) is 5.61. The van der Waals surface area contributed by atoms with Gasteiger partial charge in [-0.1, -0.05) is 45.0 Å². The molecule has 0 unspecified atom stereocenters. The predicted molar refractivity (Wildman–Crippen MR) is 98.4 cm³/mol. The van der Waals surface area contributed by atoms with Gasteiger partial charge in [-0.2, -0.15) is 5.10 Å². The minimum Gasteiger partial charge on any atom is -0.267 e. The molecule has 0 atom stereocenters. The lowest BCUT2D eigenvalue weighted by atomic mass is 9.87. The van der Waals surface area contributed by atoms with Gasteiger partial charge < -0.3 is 0 Å². The Labute approximate surface area is 142 Å². The summed E-state index contributed by atoms with van der Waals surface area (Å²) in [6.45, 7) is 6.44. The molecule has 3 nitrogen and oxygen atoms in total. The summed E-state index contributed by atoms with van der Waals surface area (Å²) >= 11 is 1.69. The molecule has 0 aromatic heterocycles. The average Bonchev–Trinajstić information content (AvgIpc) is 2.54. The first-order chi connectivity index (χ1) is 10.9. The van der Waals surface area contributed by atoms with Gasteiger partial charge in [0.15, 0.2) is 0 Å². The van der Waals surface area contributed by atoms with Crippen molar-refractivity contribution < 1.29 is 4.79 Å². The molecule has 23 heavy (non-hydrogen) atoms. The van der Waals surface area contributed by atoms with Crippen LogP contribution in [-0.4, -0.2) is 18.4 Å². The number of nitrogens with zero attached hydrogens (tertiary/aromatic N) is 1. The van der Waals surface area contributed by atoms with Crippen molar-refractivity contribution >= 4 is 23.9 Å². The molecule has 1 N–H and O–H groups in total. The molecule has 0 heterocycles. The van der Waals surface area contributed by atoms with E-state index in [-0.39, 0.29) is 11.3 Å². The van der Waals surface area contributed by atoms with E-state index in [2.05, 4.69) is 31.3 Å². The third-order valence-electron chi connectivity index (χ3n) is 3.51. The van der Waals surface area contributed by atoms with Crippen molar-refractivity contribution in [2.75, 3.05) is 6.26 Å². The number of thioether (sulfide) groups is 1. The Hall–Kier alpha value is -2.07. The van der Waals surface area contributed by atoms with Crippen LogP contribution >= 0.6 is 11.8 Å². The molecular weight excluding hydrogens is 304 g/mol. The molecule has 0 aliphatic carbocycles. The second-order valence-electron chi connectivity index (χ2n) is 6.30. The molecule has 1 amide bonds. The van der Waals surface area contributed by atoms with Crippen molar-refractivity contribution in [1.82, 2.24) is 5.43 Å². The summed E-state index contributed by atoms with van der Waals surface area (Å²) in [5, 5.41) is 4.01. The van der Waals surface area contributed by atoms with Gasteiger partial charge >= 0.3 is 0 Å². The molecule has 120 valence electrons. The third kappa shape index (κ3) is 4.96.